The molecule has 0 fully saturated rings. The van der Waals surface area contributed by atoms with Crippen molar-refractivity contribution in [2.24, 2.45) is 0 Å². The highest BCUT2D eigenvalue weighted by atomic mass is 32.2. The average Bonchev–Trinajstić information content (AvgIpc) is 2.78. The van der Waals surface area contributed by atoms with Crippen LogP contribution in [-0.2, 0) is 21.2 Å². The molecule has 1 aromatic carbocycles. The van der Waals surface area contributed by atoms with Crippen LogP contribution in [0.1, 0.15) is 12.5 Å². The van der Waals surface area contributed by atoms with Gasteiger partial charge in [-0.05, 0) is 36.9 Å². The topological polar surface area (TPSA) is 95.5 Å². The number of thioether (sulfide) groups is 1. The van der Waals surface area contributed by atoms with Crippen molar-refractivity contribution in [3.05, 3.63) is 23.8 Å². The minimum atomic E-state index is -3.68. The minimum Gasteiger partial charge on any atom is -0.395 e. The lowest BCUT2D eigenvalue weighted by Crippen LogP contribution is -2.41. The van der Waals surface area contributed by atoms with Gasteiger partial charge in [0.15, 0.2) is 0 Å². The number of anilines is 1. The summed E-state index contributed by atoms with van der Waals surface area (Å²) in [6.07, 6.45) is 2.01. The lowest BCUT2D eigenvalue weighted by Gasteiger charge is -2.21. The highest BCUT2D eigenvalue weighted by Gasteiger charge is 2.25. The molecule has 0 bridgehead atoms. The van der Waals surface area contributed by atoms with E-state index in [1.807, 2.05) is 6.26 Å². The fourth-order valence-electron chi connectivity index (χ4n) is 2.20. The number of hydrogen-bond donors (Lipinski definition) is 3. The predicted molar refractivity (Wildman–Crippen MR) is 82.9 cm³/mol. The SMILES string of the molecule is CSC(CO)C(C)NS(=O)(=O)c1ccc2c(c1)CC(=O)N2. The molecule has 116 valence electrons. The molecule has 2 rings (SSSR count). The van der Waals surface area contributed by atoms with E-state index in [2.05, 4.69) is 10.0 Å². The number of hydrogen-bond acceptors (Lipinski definition) is 5. The number of nitrogens with one attached hydrogen (secondary N) is 2. The molecule has 21 heavy (non-hydrogen) atoms. The Hall–Kier alpha value is -1.09. The Labute approximate surface area is 128 Å². The fraction of sp³-hybridized carbons (Fsp3) is 0.462. The van der Waals surface area contributed by atoms with Gasteiger partial charge in [0.05, 0.1) is 17.9 Å². The summed E-state index contributed by atoms with van der Waals surface area (Å²) in [5.74, 6) is -0.136. The van der Waals surface area contributed by atoms with Crippen molar-refractivity contribution in [2.45, 2.75) is 29.5 Å². The van der Waals surface area contributed by atoms with Gasteiger partial charge in [-0.2, -0.15) is 11.8 Å². The van der Waals surface area contributed by atoms with E-state index < -0.39 is 16.1 Å². The molecular weight excluding hydrogens is 312 g/mol. The van der Waals surface area contributed by atoms with Crippen molar-refractivity contribution in [3.63, 3.8) is 0 Å². The molecule has 6 nitrogen and oxygen atoms in total. The highest BCUT2D eigenvalue weighted by molar-refractivity contribution is 7.99. The van der Waals surface area contributed by atoms with E-state index in [-0.39, 0.29) is 29.1 Å². The first-order valence-corrected chi connectivity index (χ1v) is 9.23. The molecule has 0 radical (unpaired) electrons. The van der Waals surface area contributed by atoms with Gasteiger partial charge in [-0.25, -0.2) is 13.1 Å². The van der Waals surface area contributed by atoms with Crippen LogP contribution in [0.15, 0.2) is 23.1 Å². The number of rotatable bonds is 6. The maximum absolute atomic E-state index is 12.4. The Morgan fingerprint density at radius 3 is 2.81 bits per heavy atom. The Balaban J connectivity index is 2.21. The van der Waals surface area contributed by atoms with E-state index in [1.165, 1.54) is 23.9 Å². The fourth-order valence-corrected chi connectivity index (χ4v) is 4.24. The molecule has 1 amide bonds. The molecule has 1 aliphatic rings. The van der Waals surface area contributed by atoms with Crippen LogP contribution in [0.2, 0.25) is 0 Å². The molecule has 1 aliphatic heterocycles. The first-order valence-electron chi connectivity index (χ1n) is 6.46. The van der Waals surface area contributed by atoms with Crippen molar-refractivity contribution in [2.75, 3.05) is 18.2 Å². The summed E-state index contributed by atoms with van der Waals surface area (Å²) in [5, 5.41) is 11.7. The average molecular weight is 330 g/mol. The summed E-state index contributed by atoms with van der Waals surface area (Å²) >= 11 is 1.40. The van der Waals surface area contributed by atoms with Crippen LogP contribution in [0.3, 0.4) is 0 Å². The maximum Gasteiger partial charge on any atom is 0.240 e. The van der Waals surface area contributed by atoms with Gasteiger partial charge >= 0.3 is 0 Å². The highest BCUT2D eigenvalue weighted by Crippen LogP contribution is 2.26. The van der Waals surface area contributed by atoms with Gasteiger partial charge in [-0.3, -0.25) is 4.79 Å². The molecule has 1 aromatic rings. The Morgan fingerprint density at radius 1 is 1.48 bits per heavy atom. The number of aliphatic hydroxyl groups is 1. The zero-order valence-corrected chi connectivity index (χ0v) is 13.4. The summed E-state index contributed by atoms with van der Waals surface area (Å²) < 4.78 is 27.3. The number of aliphatic hydroxyl groups excluding tert-OH is 1. The molecule has 0 spiro atoms. The molecule has 0 saturated carbocycles. The predicted octanol–water partition coefficient (Wildman–Crippen LogP) is 0.572. The van der Waals surface area contributed by atoms with Crippen LogP contribution in [0.5, 0.6) is 0 Å². The lowest BCUT2D eigenvalue weighted by molar-refractivity contribution is -0.115. The van der Waals surface area contributed by atoms with E-state index in [0.29, 0.717) is 11.3 Å². The first-order chi connectivity index (χ1) is 9.87. The van der Waals surface area contributed by atoms with Gasteiger partial charge in [-0.1, -0.05) is 0 Å². The van der Waals surface area contributed by atoms with E-state index in [4.69, 9.17) is 0 Å². The van der Waals surface area contributed by atoms with Gasteiger partial charge in [0.1, 0.15) is 0 Å². The molecule has 8 heteroatoms. The largest absolute Gasteiger partial charge is 0.395 e. The molecule has 2 unspecified atom stereocenters. The van der Waals surface area contributed by atoms with Gasteiger partial charge in [0, 0.05) is 17.0 Å². The quantitative estimate of drug-likeness (QED) is 0.709. The summed E-state index contributed by atoms with van der Waals surface area (Å²) in [4.78, 5) is 11.4. The van der Waals surface area contributed by atoms with Crippen LogP contribution in [0, 0.1) is 0 Å². The van der Waals surface area contributed by atoms with Crippen molar-refractivity contribution in [1.82, 2.24) is 4.72 Å². The molecule has 2 atom stereocenters. The van der Waals surface area contributed by atoms with Crippen LogP contribution in [-0.4, -0.2) is 43.6 Å². The van der Waals surface area contributed by atoms with Crippen LogP contribution in [0.25, 0.3) is 0 Å². The zero-order valence-electron chi connectivity index (χ0n) is 11.8. The van der Waals surface area contributed by atoms with Gasteiger partial charge in [0.2, 0.25) is 15.9 Å². The van der Waals surface area contributed by atoms with Crippen molar-refractivity contribution in [3.8, 4) is 0 Å². The number of benzene rings is 1. The molecule has 0 aliphatic carbocycles. The van der Waals surface area contributed by atoms with Crippen LogP contribution >= 0.6 is 11.8 Å². The van der Waals surface area contributed by atoms with Crippen molar-refractivity contribution < 1.29 is 18.3 Å². The summed E-state index contributed by atoms with van der Waals surface area (Å²) in [5.41, 5.74) is 1.34. The van der Waals surface area contributed by atoms with E-state index in [9.17, 15) is 18.3 Å². The molecule has 3 N–H and O–H groups in total. The standard InChI is InChI=1S/C13H18N2O4S2/c1-8(12(7-16)20-2)15-21(18,19)10-3-4-11-9(5-10)6-13(17)14-11/h3-5,8,12,15-16H,6-7H2,1-2H3,(H,14,17). The second-order valence-corrected chi connectivity index (χ2v) is 7.70. The smallest absolute Gasteiger partial charge is 0.240 e. The Morgan fingerprint density at radius 2 is 2.19 bits per heavy atom. The number of carbonyl (C=O) groups excluding carboxylic acids is 1. The lowest BCUT2D eigenvalue weighted by atomic mass is 10.2. The Bertz CT molecular complexity index is 642. The first kappa shape index (κ1) is 16.3. The maximum atomic E-state index is 12.4. The minimum absolute atomic E-state index is 0.104. The summed E-state index contributed by atoms with van der Waals surface area (Å²) in [6, 6.07) is 4.17. The molecular formula is C13H18N2O4S2. The number of amides is 1. The summed E-state index contributed by atoms with van der Waals surface area (Å²) in [6.45, 7) is 1.61. The van der Waals surface area contributed by atoms with Gasteiger partial charge in [-0.15, -0.1) is 0 Å². The third-order valence-electron chi connectivity index (χ3n) is 3.39. The number of fused-ring (bicyclic) bond motifs is 1. The van der Waals surface area contributed by atoms with E-state index in [1.54, 1.807) is 13.0 Å². The van der Waals surface area contributed by atoms with Gasteiger partial charge < -0.3 is 10.4 Å². The van der Waals surface area contributed by atoms with Crippen molar-refractivity contribution in [1.29, 1.82) is 0 Å². The van der Waals surface area contributed by atoms with Crippen LogP contribution in [0.4, 0.5) is 5.69 Å². The normalized spacial score (nSPS) is 17.2. The molecule has 1 heterocycles. The van der Waals surface area contributed by atoms with E-state index in [0.717, 1.165) is 0 Å². The molecule has 0 saturated heterocycles. The van der Waals surface area contributed by atoms with E-state index >= 15 is 0 Å². The molecule has 0 aromatic heterocycles. The van der Waals surface area contributed by atoms with Gasteiger partial charge in [0.25, 0.3) is 0 Å². The number of carbonyl (C=O) groups is 1. The zero-order chi connectivity index (χ0) is 15.6. The third-order valence-corrected chi connectivity index (χ3v) is 6.11. The van der Waals surface area contributed by atoms with Crippen LogP contribution < -0.4 is 10.0 Å². The second-order valence-electron chi connectivity index (χ2n) is 4.91. The van der Waals surface area contributed by atoms with Crippen molar-refractivity contribution >= 4 is 33.4 Å². The second kappa shape index (κ2) is 6.35. The summed E-state index contributed by atoms with van der Waals surface area (Å²) in [7, 11) is -3.68. The monoisotopic (exact) mass is 330 g/mol. The number of sulfonamides is 1. The Kier molecular flexibility index (Phi) is 4.92. The third kappa shape index (κ3) is 3.57.